The molecule has 3 aromatic rings. The number of halogens is 1. The van der Waals surface area contributed by atoms with Crippen LogP contribution in [-0.4, -0.2) is 9.55 Å². The van der Waals surface area contributed by atoms with Crippen LogP contribution in [0.5, 0.6) is 0 Å². The number of hydrogen-bond donors (Lipinski definition) is 1. The number of aromatic nitrogens is 2. The SMILES string of the molecule is Cc1cccc2[nH]c(=S)n(Cc3cccc(F)c3)c12. The van der Waals surface area contributed by atoms with Gasteiger partial charge in [-0.3, -0.25) is 0 Å². The van der Waals surface area contributed by atoms with Crippen LogP contribution in [-0.2, 0) is 6.54 Å². The molecular weight excluding hydrogens is 259 g/mol. The third-order valence-corrected chi connectivity index (χ3v) is 3.55. The van der Waals surface area contributed by atoms with Gasteiger partial charge in [0.25, 0.3) is 0 Å². The Balaban J connectivity index is 2.15. The van der Waals surface area contributed by atoms with Crippen LogP contribution in [0.15, 0.2) is 42.5 Å². The molecule has 96 valence electrons. The summed E-state index contributed by atoms with van der Waals surface area (Å²) in [6.45, 7) is 2.62. The summed E-state index contributed by atoms with van der Waals surface area (Å²) in [5.74, 6) is -0.222. The third kappa shape index (κ3) is 2.19. The van der Waals surface area contributed by atoms with Gasteiger partial charge in [0.1, 0.15) is 5.82 Å². The van der Waals surface area contributed by atoms with Crippen molar-refractivity contribution >= 4 is 23.3 Å². The van der Waals surface area contributed by atoms with Gasteiger partial charge in [0.2, 0.25) is 0 Å². The lowest BCUT2D eigenvalue weighted by Crippen LogP contribution is -2.01. The second-order valence-corrected chi connectivity index (χ2v) is 5.00. The van der Waals surface area contributed by atoms with Crippen molar-refractivity contribution in [2.45, 2.75) is 13.5 Å². The van der Waals surface area contributed by atoms with Gasteiger partial charge in [-0.2, -0.15) is 0 Å². The molecule has 3 rings (SSSR count). The van der Waals surface area contributed by atoms with E-state index >= 15 is 0 Å². The van der Waals surface area contributed by atoms with Gasteiger partial charge in [-0.1, -0.05) is 24.3 Å². The molecule has 1 aromatic heterocycles. The quantitative estimate of drug-likeness (QED) is 0.694. The van der Waals surface area contributed by atoms with Gasteiger partial charge in [0.05, 0.1) is 17.6 Å². The minimum Gasteiger partial charge on any atom is -0.331 e. The maximum absolute atomic E-state index is 13.2. The zero-order valence-electron chi connectivity index (χ0n) is 10.5. The highest BCUT2D eigenvalue weighted by molar-refractivity contribution is 7.71. The van der Waals surface area contributed by atoms with Crippen LogP contribution in [0.3, 0.4) is 0 Å². The molecular formula is C15H13FN2S. The smallest absolute Gasteiger partial charge is 0.178 e. The first-order valence-corrected chi connectivity index (χ1v) is 6.48. The van der Waals surface area contributed by atoms with Crippen LogP contribution < -0.4 is 0 Å². The number of para-hydroxylation sites is 1. The average molecular weight is 272 g/mol. The van der Waals surface area contributed by atoms with Crippen LogP contribution in [0.1, 0.15) is 11.1 Å². The number of nitrogens with one attached hydrogen (secondary N) is 1. The Bertz CT molecular complexity index is 801. The van der Waals surface area contributed by atoms with E-state index < -0.39 is 0 Å². The molecule has 1 heterocycles. The van der Waals surface area contributed by atoms with Crippen LogP contribution in [0.2, 0.25) is 0 Å². The van der Waals surface area contributed by atoms with Gasteiger partial charge in [-0.15, -0.1) is 0 Å². The number of fused-ring (bicyclic) bond motifs is 1. The van der Waals surface area contributed by atoms with Crippen molar-refractivity contribution in [3.63, 3.8) is 0 Å². The predicted octanol–water partition coefficient (Wildman–Crippen LogP) is 4.19. The molecule has 0 atom stereocenters. The number of aromatic amines is 1. The van der Waals surface area contributed by atoms with E-state index in [4.69, 9.17) is 12.2 Å². The molecule has 4 heteroatoms. The number of nitrogens with zero attached hydrogens (tertiary/aromatic N) is 1. The van der Waals surface area contributed by atoms with Crippen LogP contribution >= 0.6 is 12.2 Å². The van der Waals surface area contributed by atoms with Gasteiger partial charge in [-0.05, 0) is 48.5 Å². The largest absolute Gasteiger partial charge is 0.331 e. The first kappa shape index (κ1) is 12.1. The van der Waals surface area contributed by atoms with Crippen molar-refractivity contribution in [3.05, 3.63) is 64.2 Å². The summed E-state index contributed by atoms with van der Waals surface area (Å²) < 4.78 is 15.9. The first-order chi connectivity index (χ1) is 9.15. The molecule has 0 saturated heterocycles. The lowest BCUT2D eigenvalue weighted by molar-refractivity contribution is 0.623. The number of hydrogen-bond acceptors (Lipinski definition) is 1. The van der Waals surface area contributed by atoms with E-state index in [-0.39, 0.29) is 5.82 Å². The molecule has 0 bridgehead atoms. The van der Waals surface area contributed by atoms with Gasteiger partial charge in [0, 0.05) is 0 Å². The maximum atomic E-state index is 13.2. The molecule has 2 aromatic carbocycles. The Morgan fingerprint density at radius 1 is 1.21 bits per heavy atom. The fourth-order valence-corrected chi connectivity index (χ4v) is 2.64. The van der Waals surface area contributed by atoms with E-state index in [1.165, 1.54) is 6.07 Å². The number of benzene rings is 2. The standard InChI is InChI=1S/C15H13FN2S/c1-10-4-2-7-13-14(10)18(15(19)17-13)9-11-5-3-6-12(16)8-11/h2-8H,9H2,1H3,(H,17,19). The highest BCUT2D eigenvalue weighted by Crippen LogP contribution is 2.19. The van der Waals surface area contributed by atoms with Gasteiger partial charge in [0.15, 0.2) is 4.77 Å². The summed E-state index contributed by atoms with van der Waals surface area (Å²) in [5, 5.41) is 0. The lowest BCUT2D eigenvalue weighted by atomic mass is 10.2. The van der Waals surface area contributed by atoms with Crippen molar-refractivity contribution in [1.29, 1.82) is 0 Å². The summed E-state index contributed by atoms with van der Waals surface area (Å²) in [7, 11) is 0. The number of aryl methyl sites for hydroxylation is 1. The summed E-state index contributed by atoms with van der Waals surface area (Å²) in [6, 6.07) is 12.7. The lowest BCUT2D eigenvalue weighted by Gasteiger charge is -2.07. The van der Waals surface area contributed by atoms with Crippen molar-refractivity contribution in [2.75, 3.05) is 0 Å². The van der Waals surface area contributed by atoms with Gasteiger partial charge in [-0.25, -0.2) is 4.39 Å². The molecule has 0 saturated carbocycles. The highest BCUT2D eigenvalue weighted by Gasteiger charge is 2.07. The Hall–Kier alpha value is -1.94. The maximum Gasteiger partial charge on any atom is 0.178 e. The van der Waals surface area contributed by atoms with Gasteiger partial charge >= 0.3 is 0 Å². The summed E-state index contributed by atoms with van der Waals surface area (Å²) in [5.41, 5.74) is 4.15. The van der Waals surface area contributed by atoms with Crippen molar-refractivity contribution in [2.24, 2.45) is 0 Å². The Morgan fingerprint density at radius 3 is 2.79 bits per heavy atom. The van der Waals surface area contributed by atoms with E-state index in [0.29, 0.717) is 11.3 Å². The molecule has 19 heavy (non-hydrogen) atoms. The van der Waals surface area contributed by atoms with Crippen molar-refractivity contribution in [1.82, 2.24) is 9.55 Å². The van der Waals surface area contributed by atoms with E-state index in [2.05, 4.69) is 4.98 Å². The predicted molar refractivity (Wildman–Crippen MR) is 77.4 cm³/mol. The van der Waals surface area contributed by atoms with Crippen molar-refractivity contribution < 1.29 is 4.39 Å². The van der Waals surface area contributed by atoms with Crippen molar-refractivity contribution in [3.8, 4) is 0 Å². The Labute approximate surface area is 115 Å². The van der Waals surface area contributed by atoms with Gasteiger partial charge < -0.3 is 9.55 Å². The number of rotatable bonds is 2. The molecule has 0 unspecified atom stereocenters. The minimum atomic E-state index is -0.222. The second kappa shape index (κ2) is 4.63. The summed E-state index contributed by atoms with van der Waals surface area (Å²) in [4.78, 5) is 3.19. The molecule has 0 aliphatic heterocycles. The zero-order valence-corrected chi connectivity index (χ0v) is 11.3. The monoisotopic (exact) mass is 272 g/mol. The molecule has 0 spiro atoms. The molecule has 2 nitrogen and oxygen atoms in total. The third-order valence-electron chi connectivity index (χ3n) is 3.22. The number of H-pyrrole nitrogens is 1. The zero-order chi connectivity index (χ0) is 13.4. The summed E-state index contributed by atoms with van der Waals surface area (Å²) >= 11 is 5.36. The fourth-order valence-electron chi connectivity index (χ4n) is 2.37. The van der Waals surface area contributed by atoms with E-state index in [0.717, 1.165) is 22.2 Å². The van der Waals surface area contributed by atoms with Crippen LogP contribution in [0.4, 0.5) is 4.39 Å². The van der Waals surface area contributed by atoms with E-state index in [1.54, 1.807) is 12.1 Å². The van der Waals surface area contributed by atoms with E-state index in [1.807, 2.05) is 35.8 Å². The second-order valence-electron chi connectivity index (χ2n) is 4.62. The minimum absolute atomic E-state index is 0.222. The Morgan fingerprint density at radius 2 is 2.00 bits per heavy atom. The highest BCUT2D eigenvalue weighted by atomic mass is 32.1. The normalized spacial score (nSPS) is 11.1. The molecule has 1 N–H and O–H groups in total. The topological polar surface area (TPSA) is 20.7 Å². The Kier molecular flexibility index (Phi) is 2.95. The average Bonchev–Trinajstić information content (AvgIpc) is 2.67. The molecule has 0 amide bonds. The molecule has 0 fully saturated rings. The molecule has 0 radical (unpaired) electrons. The number of imidazole rings is 1. The van der Waals surface area contributed by atoms with E-state index in [9.17, 15) is 4.39 Å². The van der Waals surface area contributed by atoms with Crippen LogP contribution in [0, 0.1) is 17.5 Å². The van der Waals surface area contributed by atoms with Crippen LogP contribution in [0.25, 0.3) is 11.0 Å². The molecule has 0 aliphatic rings. The molecule has 0 aliphatic carbocycles. The fraction of sp³-hybridized carbons (Fsp3) is 0.133. The first-order valence-electron chi connectivity index (χ1n) is 6.08. The summed E-state index contributed by atoms with van der Waals surface area (Å²) in [6.07, 6.45) is 0.